The molecule has 6 nitrogen and oxygen atoms in total. The second-order valence-corrected chi connectivity index (χ2v) is 6.34. The number of aromatic nitrogens is 2. The zero-order chi connectivity index (χ0) is 18.9. The fourth-order valence-corrected chi connectivity index (χ4v) is 2.57. The fourth-order valence-electron chi connectivity index (χ4n) is 1.93. The van der Waals surface area contributed by atoms with Crippen molar-refractivity contribution in [2.75, 3.05) is 11.9 Å². The summed E-state index contributed by atoms with van der Waals surface area (Å²) in [7, 11) is 1.27. The molecular weight excluding hydrogens is 431 g/mol. The van der Waals surface area contributed by atoms with E-state index in [1.165, 1.54) is 13.1 Å². The molecule has 0 fully saturated rings. The van der Waals surface area contributed by atoms with Crippen molar-refractivity contribution < 1.29 is 18.0 Å². The lowest BCUT2D eigenvalue weighted by molar-refractivity contribution is -0.137. The molecule has 0 saturated carbocycles. The maximum atomic E-state index is 12.9. The van der Waals surface area contributed by atoms with Gasteiger partial charge in [0.15, 0.2) is 0 Å². The minimum absolute atomic E-state index is 0.0183. The largest absolute Gasteiger partial charge is 0.416 e. The zero-order valence-corrected chi connectivity index (χ0v) is 14.9. The van der Waals surface area contributed by atoms with Gasteiger partial charge in [-0.2, -0.15) is 13.2 Å². The number of nitrogens with zero attached hydrogens (tertiary/aromatic N) is 2. The van der Waals surface area contributed by atoms with Crippen LogP contribution in [0.25, 0.3) is 0 Å². The summed E-state index contributed by atoms with van der Waals surface area (Å²) in [6.07, 6.45) is -3.59. The van der Waals surface area contributed by atoms with Crippen LogP contribution in [0, 0.1) is 0 Å². The maximum Gasteiger partial charge on any atom is 0.416 e. The molecule has 1 aromatic carbocycles. The number of carbonyl (C=O) groups excluding carboxylic acids is 1. The Balaban J connectivity index is 2.32. The van der Waals surface area contributed by atoms with E-state index in [0.717, 1.165) is 27.8 Å². The van der Waals surface area contributed by atoms with E-state index < -0.39 is 35.4 Å². The first-order valence-corrected chi connectivity index (χ1v) is 7.79. The van der Waals surface area contributed by atoms with Crippen molar-refractivity contribution in [3.05, 3.63) is 60.3 Å². The van der Waals surface area contributed by atoms with E-state index in [-0.39, 0.29) is 15.2 Å². The summed E-state index contributed by atoms with van der Waals surface area (Å²) in [6, 6.07) is 3.02. The summed E-state index contributed by atoms with van der Waals surface area (Å²) in [4.78, 5) is 38.0. The van der Waals surface area contributed by atoms with Gasteiger partial charge in [0, 0.05) is 23.4 Å². The second-order valence-electron chi connectivity index (χ2n) is 5.01. The van der Waals surface area contributed by atoms with E-state index in [1.54, 1.807) is 0 Å². The van der Waals surface area contributed by atoms with Crippen molar-refractivity contribution in [1.29, 1.82) is 0 Å². The molecule has 2 rings (SSSR count). The van der Waals surface area contributed by atoms with Gasteiger partial charge in [-0.15, -0.1) is 0 Å². The average molecular weight is 441 g/mol. The Morgan fingerprint density at radius 2 is 1.96 bits per heavy atom. The maximum absolute atomic E-state index is 12.9. The van der Waals surface area contributed by atoms with E-state index in [1.807, 2.05) is 4.98 Å². The normalized spacial score (nSPS) is 11.4. The van der Waals surface area contributed by atoms with Crippen LogP contribution >= 0.6 is 27.5 Å². The molecule has 0 saturated heterocycles. The van der Waals surface area contributed by atoms with Crippen LogP contribution < -0.4 is 16.1 Å². The molecule has 0 atom stereocenters. The van der Waals surface area contributed by atoms with Gasteiger partial charge in [-0.1, -0.05) is 27.5 Å². The van der Waals surface area contributed by atoms with Crippen LogP contribution in [0.1, 0.15) is 5.56 Å². The standard InChI is InChI=1S/C14H10BrClF3N3O3/c1-21(9-3-7(14(17,18)19)2-8(15)4-9)11(23)6-22-5-10(16)12(24)20-13(22)25/h2-5H,6H2,1H3,(H,20,24,25). The van der Waals surface area contributed by atoms with Crippen molar-refractivity contribution in [2.45, 2.75) is 12.7 Å². The molecule has 0 bridgehead atoms. The van der Waals surface area contributed by atoms with Crippen molar-refractivity contribution in [2.24, 2.45) is 0 Å². The van der Waals surface area contributed by atoms with Crippen LogP contribution in [0.5, 0.6) is 0 Å². The molecule has 0 aliphatic rings. The molecule has 25 heavy (non-hydrogen) atoms. The van der Waals surface area contributed by atoms with E-state index in [9.17, 15) is 27.6 Å². The number of anilines is 1. The van der Waals surface area contributed by atoms with Gasteiger partial charge in [0.1, 0.15) is 11.6 Å². The van der Waals surface area contributed by atoms with E-state index in [4.69, 9.17) is 11.6 Å². The van der Waals surface area contributed by atoms with Crippen molar-refractivity contribution in [3.8, 4) is 0 Å². The van der Waals surface area contributed by atoms with E-state index in [2.05, 4.69) is 15.9 Å². The van der Waals surface area contributed by atoms with Gasteiger partial charge >= 0.3 is 11.9 Å². The molecule has 11 heteroatoms. The molecule has 1 heterocycles. The highest BCUT2D eigenvalue weighted by atomic mass is 79.9. The van der Waals surface area contributed by atoms with Crippen LogP contribution in [-0.2, 0) is 17.5 Å². The van der Waals surface area contributed by atoms with Gasteiger partial charge in [-0.3, -0.25) is 19.1 Å². The Kier molecular flexibility index (Phi) is 5.43. The lowest BCUT2D eigenvalue weighted by atomic mass is 10.2. The van der Waals surface area contributed by atoms with Gasteiger partial charge in [-0.25, -0.2) is 4.79 Å². The summed E-state index contributed by atoms with van der Waals surface area (Å²) in [5, 5.41) is -0.295. The van der Waals surface area contributed by atoms with Crippen LogP contribution in [0.2, 0.25) is 5.02 Å². The zero-order valence-electron chi connectivity index (χ0n) is 12.5. The number of likely N-dealkylation sites (N-methyl/N-ethyl adjacent to an activating group) is 1. The summed E-state index contributed by atoms with van der Waals surface area (Å²) >= 11 is 8.57. The van der Waals surface area contributed by atoms with Gasteiger partial charge in [0.25, 0.3) is 5.56 Å². The summed E-state index contributed by atoms with van der Waals surface area (Å²) in [5.74, 6) is -0.684. The number of nitrogens with one attached hydrogen (secondary N) is 1. The van der Waals surface area contributed by atoms with E-state index >= 15 is 0 Å². The number of hydrogen-bond donors (Lipinski definition) is 1. The molecule has 1 aromatic heterocycles. The third kappa shape index (κ3) is 4.51. The lowest BCUT2D eigenvalue weighted by Crippen LogP contribution is -2.37. The topological polar surface area (TPSA) is 75.2 Å². The van der Waals surface area contributed by atoms with Gasteiger partial charge in [-0.05, 0) is 18.2 Å². The number of benzene rings is 1. The quantitative estimate of drug-likeness (QED) is 0.797. The molecule has 2 aromatic rings. The minimum atomic E-state index is -4.58. The molecular formula is C14H10BrClF3N3O3. The molecule has 0 radical (unpaired) electrons. The number of carbonyl (C=O) groups is 1. The van der Waals surface area contributed by atoms with Gasteiger partial charge < -0.3 is 4.90 Å². The van der Waals surface area contributed by atoms with E-state index in [0.29, 0.717) is 0 Å². The minimum Gasteiger partial charge on any atom is -0.314 e. The Bertz CT molecular complexity index is 939. The Morgan fingerprint density at radius 3 is 2.56 bits per heavy atom. The number of H-pyrrole nitrogens is 1. The Morgan fingerprint density at radius 1 is 1.32 bits per heavy atom. The molecule has 0 spiro atoms. The highest BCUT2D eigenvalue weighted by Crippen LogP contribution is 2.34. The number of aromatic amines is 1. The summed E-state index contributed by atoms with van der Waals surface area (Å²) in [6.45, 7) is -0.514. The molecule has 0 aliphatic heterocycles. The van der Waals surface area contributed by atoms with Crippen molar-refractivity contribution in [1.82, 2.24) is 9.55 Å². The van der Waals surface area contributed by atoms with Crippen molar-refractivity contribution in [3.63, 3.8) is 0 Å². The first-order valence-electron chi connectivity index (χ1n) is 6.62. The monoisotopic (exact) mass is 439 g/mol. The predicted octanol–water partition coefficient (Wildman–Crippen LogP) is 2.63. The molecule has 1 amide bonds. The number of amides is 1. The number of alkyl halides is 3. The average Bonchev–Trinajstić information content (AvgIpc) is 2.50. The van der Waals surface area contributed by atoms with Gasteiger partial charge in [0.2, 0.25) is 5.91 Å². The number of rotatable bonds is 3. The first kappa shape index (κ1) is 19.3. The third-order valence-electron chi connectivity index (χ3n) is 3.24. The van der Waals surface area contributed by atoms with Gasteiger partial charge in [0.05, 0.1) is 5.56 Å². The first-order chi connectivity index (χ1) is 11.5. The molecule has 134 valence electrons. The van der Waals surface area contributed by atoms with Crippen LogP contribution in [0.15, 0.2) is 38.5 Å². The highest BCUT2D eigenvalue weighted by molar-refractivity contribution is 9.10. The van der Waals surface area contributed by atoms with Crippen molar-refractivity contribution >= 4 is 39.1 Å². The smallest absolute Gasteiger partial charge is 0.314 e. The SMILES string of the molecule is CN(C(=O)Cn1cc(Cl)c(=O)[nH]c1=O)c1cc(Br)cc(C(F)(F)F)c1. The highest BCUT2D eigenvalue weighted by Gasteiger charge is 2.31. The molecule has 0 aliphatic carbocycles. The second kappa shape index (κ2) is 7.04. The Hall–Kier alpha value is -2.07. The third-order valence-corrected chi connectivity index (χ3v) is 3.97. The number of hydrogen-bond acceptors (Lipinski definition) is 3. The van der Waals surface area contributed by atoms with Crippen LogP contribution in [0.3, 0.4) is 0 Å². The molecule has 1 N–H and O–H groups in total. The number of halogens is 5. The van der Waals surface area contributed by atoms with Crippen LogP contribution in [-0.4, -0.2) is 22.5 Å². The summed E-state index contributed by atoms with van der Waals surface area (Å²) < 4.78 is 39.6. The van der Waals surface area contributed by atoms with Crippen LogP contribution in [0.4, 0.5) is 18.9 Å². The molecule has 0 unspecified atom stereocenters. The summed E-state index contributed by atoms with van der Waals surface area (Å²) in [5.41, 5.74) is -2.61. The predicted molar refractivity (Wildman–Crippen MR) is 88.9 cm³/mol. The lowest BCUT2D eigenvalue weighted by Gasteiger charge is -2.20. The fraction of sp³-hybridized carbons (Fsp3) is 0.214. The Labute approximate surface area is 152 Å².